The second kappa shape index (κ2) is 12.3. The predicted octanol–water partition coefficient (Wildman–Crippen LogP) is 5.13. The Kier molecular flexibility index (Phi) is 9.01. The van der Waals surface area contributed by atoms with Crippen LogP contribution in [0.3, 0.4) is 0 Å². The molecule has 1 fully saturated rings. The van der Waals surface area contributed by atoms with Crippen LogP contribution >= 0.6 is 0 Å². The summed E-state index contributed by atoms with van der Waals surface area (Å²) in [6, 6.07) is 18.9. The van der Waals surface area contributed by atoms with Gasteiger partial charge in [0.25, 0.3) is 5.91 Å². The van der Waals surface area contributed by atoms with Crippen molar-refractivity contribution in [1.29, 1.82) is 0 Å². The second-order valence-electron chi connectivity index (χ2n) is 9.85. The molecular formula is C29H32F3N3O4. The number of benzene rings is 2. The summed E-state index contributed by atoms with van der Waals surface area (Å²) < 4.78 is 51.5. The third-order valence-electron chi connectivity index (χ3n) is 6.70. The lowest BCUT2D eigenvalue weighted by Crippen LogP contribution is -2.51. The Labute approximate surface area is 225 Å². The van der Waals surface area contributed by atoms with Gasteiger partial charge in [0.15, 0.2) is 0 Å². The van der Waals surface area contributed by atoms with Crippen LogP contribution in [0.2, 0.25) is 0 Å². The molecule has 4 atom stereocenters. The normalized spacial score (nSPS) is 20.3. The number of rotatable bonds is 10. The van der Waals surface area contributed by atoms with Gasteiger partial charge in [0.1, 0.15) is 18.5 Å². The summed E-state index contributed by atoms with van der Waals surface area (Å²) in [6.07, 6.45) is -3.61. The minimum atomic E-state index is -3.25. The number of alkyl halides is 3. The SMILES string of the molecule is CC(NC(O)OCc1ccccc1)c1ccc(-c2ccc([C@H]3OC(C)(C)N(C(=O)C(F)F)[C@@H]3CF)cc2)cn1. The zero-order valence-electron chi connectivity index (χ0n) is 21.9. The Bertz CT molecular complexity index is 1230. The van der Waals surface area contributed by atoms with Crippen LogP contribution in [0.5, 0.6) is 0 Å². The first-order chi connectivity index (χ1) is 18.6. The molecule has 1 amide bonds. The van der Waals surface area contributed by atoms with Crippen molar-refractivity contribution in [3.8, 4) is 11.1 Å². The van der Waals surface area contributed by atoms with Gasteiger partial charge in [-0.15, -0.1) is 0 Å². The summed E-state index contributed by atoms with van der Waals surface area (Å²) in [5, 5.41) is 13.1. The fraction of sp³-hybridized carbons (Fsp3) is 0.379. The standard InChI is InChI=1S/C29H32F3N3O4/c1-18(34-28(37)38-17-19-7-5-4-6-8-19)23-14-13-22(16-33-23)20-9-11-21(12-10-20)25-24(15-30)35(27(36)26(31)32)29(2,3)39-25/h4-14,16,18,24-26,28,34,37H,15,17H2,1-3H3/t18?,24-,25-,28?/m1/s1. The minimum Gasteiger partial charge on any atom is -0.356 e. The maximum atomic E-state index is 13.9. The van der Waals surface area contributed by atoms with E-state index < -0.39 is 43.3 Å². The van der Waals surface area contributed by atoms with E-state index in [1.165, 1.54) is 13.8 Å². The van der Waals surface area contributed by atoms with Crippen molar-refractivity contribution in [2.75, 3.05) is 6.67 Å². The lowest BCUT2D eigenvalue weighted by molar-refractivity contribution is -0.159. The second-order valence-corrected chi connectivity index (χ2v) is 9.85. The number of hydrogen-bond donors (Lipinski definition) is 2. The third-order valence-corrected chi connectivity index (χ3v) is 6.70. The van der Waals surface area contributed by atoms with E-state index in [1.807, 2.05) is 49.4 Å². The molecule has 2 heterocycles. The van der Waals surface area contributed by atoms with Gasteiger partial charge in [-0.05, 0) is 43.5 Å². The summed E-state index contributed by atoms with van der Waals surface area (Å²) in [5.41, 5.74) is 2.50. The van der Waals surface area contributed by atoms with Crippen molar-refractivity contribution in [3.05, 3.63) is 89.7 Å². The van der Waals surface area contributed by atoms with Crippen LogP contribution in [0.1, 0.15) is 49.7 Å². The first-order valence-electron chi connectivity index (χ1n) is 12.6. The fourth-order valence-electron chi connectivity index (χ4n) is 4.75. The number of aliphatic hydroxyl groups excluding tert-OH is 1. The summed E-state index contributed by atoms with van der Waals surface area (Å²) in [5.74, 6) is -1.45. The average Bonchev–Trinajstić information content (AvgIpc) is 3.22. The van der Waals surface area contributed by atoms with Gasteiger partial charge in [0, 0.05) is 11.8 Å². The van der Waals surface area contributed by atoms with E-state index in [1.54, 1.807) is 30.5 Å². The van der Waals surface area contributed by atoms with Crippen LogP contribution in [-0.2, 0) is 20.9 Å². The number of amides is 1. The smallest absolute Gasteiger partial charge is 0.315 e. The van der Waals surface area contributed by atoms with Crippen LogP contribution in [0.25, 0.3) is 11.1 Å². The maximum Gasteiger partial charge on any atom is 0.315 e. The number of nitrogens with one attached hydrogen (secondary N) is 1. The molecule has 2 aromatic carbocycles. The van der Waals surface area contributed by atoms with Crippen LogP contribution in [-0.4, -0.2) is 52.2 Å². The molecule has 0 saturated carbocycles. The van der Waals surface area contributed by atoms with E-state index in [2.05, 4.69) is 10.3 Å². The van der Waals surface area contributed by atoms with Crippen LogP contribution in [0, 0.1) is 0 Å². The largest absolute Gasteiger partial charge is 0.356 e. The first-order valence-corrected chi connectivity index (χ1v) is 12.6. The number of pyridine rings is 1. The Morgan fingerprint density at radius 3 is 2.36 bits per heavy atom. The van der Waals surface area contributed by atoms with Gasteiger partial charge in [0.05, 0.1) is 24.4 Å². The Balaban J connectivity index is 1.39. The lowest BCUT2D eigenvalue weighted by atomic mass is 9.99. The third kappa shape index (κ3) is 6.65. The van der Waals surface area contributed by atoms with E-state index in [4.69, 9.17) is 9.47 Å². The number of ether oxygens (including phenoxy) is 2. The molecule has 7 nitrogen and oxygen atoms in total. The highest BCUT2D eigenvalue weighted by Crippen LogP contribution is 2.42. The van der Waals surface area contributed by atoms with Crippen LogP contribution in [0.4, 0.5) is 13.2 Å². The summed E-state index contributed by atoms with van der Waals surface area (Å²) in [7, 11) is 0. The zero-order valence-corrected chi connectivity index (χ0v) is 21.9. The van der Waals surface area contributed by atoms with E-state index in [-0.39, 0.29) is 12.6 Å². The molecule has 10 heteroatoms. The summed E-state index contributed by atoms with van der Waals surface area (Å²) in [6.45, 7) is 4.06. The zero-order chi connectivity index (χ0) is 28.2. The molecule has 2 unspecified atom stereocenters. The van der Waals surface area contributed by atoms with Gasteiger partial charge in [-0.3, -0.25) is 15.1 Å². The lowest BCUT2D eigenvalue weighted by Gasteiger charge is -2.32. The number of aromatic nitrogens is 1. The van der Waals surface area contributed by atoms with E-state index in [9.17, 15) is 23.1 Å². The number of aliphatic hydroxyl groups is 1. The molecule has 1 aliphatic rings. The van der Waals surface area contributed by atoms with Crippen molar-refractivity contribution in [3.63, 3.8) is 0 Å². The Morgan fingerprint density at radius 1 is 1.10 bits per heavy atom. The maximum absolute atomic E-state index is 13.9. The van der Waals surface area contributed by atoms with Crippen molar-refractivity contribution in [1.82, 2.24) is 15.2 Å². The molecule has 39 heavy (non-hydrogen) atoms. The van der Waals surface area contributed by atoms with Crippen LogP contribution in [0.15, 0.2) is 72.9 Å². The highest BCUT2D eigenvalue weighted by molar-refractivity contribution is 5.80. The van der Waals surface area contributed by atoms with Gasteiger partial charge in [-0.1, -0.05) is 60.7 Å². The van der Waals surface area contributed by atoms with Crippen LogP contribution < -0.4 is 5.32 Å². The number of nitrogens with zero attached hydrogens (tertiary/aromatic N) is 2. The molecule has 4 rings (SSSR count). The van der Waals surface area contributed by atoms with Crippen molar-refractivity contribution >= 4 is 5.91 Å². The molecule has 208 valence electrons. The topological polar surface area (TPSA) is 83.9 Å². The molecule has 0 radical (unpaired) electrons. The monoisotopic (exact) mass is 543 g/mol. The highest BCUT2D eigenvalue weighted by atomic mass is 19.3. The van der Waals surface area contributed by atoms with E-state index >= 15 is 0 Å². The summed E-state index contributed by atoms with van der Waals surface area (Å²) >= 11 is 0. The van der Waals surface area contributed by atoms with E-state index in [0.29, 0.717) is 11.3 Å². The quantitative estimate of drug-likeness (QED) is 0.345. The molecule has 0 aliphatic carbocycles. The number of halogens is 3. The Hall–Kier alpha value is -3.31. The molecule has 3 aromatic rings. The van der Waals surface area contributed by atoms with Gasteiger partial charge < -0.3 is 19.5 Å². The van der Waals surface area contributed by atoms with Gasteiger partial charge in [-0.25, -0.2) is 4.39 Å². The fourth-order valence-corrected chi connectivity index (χ4v) is 4.75. The molecule has 0 spiro atoms. The van der Waals surface area contributed by atoms with Crippen molar-refractivity contribution in [2.24, 2.45) is 0 Å². The molecular weight excluding hydrogens is 511 g/mol. The minimum absolute atomic E-state index is 0.264. The molecule has 1 aromatic heterocycles. The Morgan fingerprint density at radius 2 is 1.77 bits per heavy atom. The molecule has 1 aliphatic heterocycles. The molecule has 1 saturated heterocycles. The number of carbonyl (C=O) groups is 1. The van der Waals surface area contributed by atoms with Crippen molar-refractivity contribution in [2.45, 2.75) is 64.1 Å². The van der Waals surface area contributed by atoms with Gasteiger partial charge in [-0.2, -0.15) is 8.78 Å². The van der Waals surface area contributed by atoms with Crippen molar-refractivity contribution < 1.29 is 32.5 Å². The predicted molar refractivity (Wildman–Crippen MR) is 139 cm³/mol. The summed E-state index contributed by atoms with van der Waals surface area (Å²) in [4.78, 5) is 17.4. The average molecular weight is 544 g/mol. The number of hydrogen-bond acceptors (Lipinski definition) is 6. The van der Waals surface area contributed by atoms with Gasteiger partial charge >= 0.3 is 6.43 Å². The molecule has 0 bridgehead atoms. The van der Waals surface area contributed by atoms with E-state index in [0.717, 1.165) is 21.6 Å². The molecule has 2 N–H and O–H groups in total. The number of carbonyl (C=O) groups excluding carboxylic acids is 1. The highest BCUT2D eigenvalue weighted by Gasteiger charge is 2.52. The first kappa shape index (κ1) is 28.7. The van der Waals surface area contributed by atoms with Gasteiger partial charge in [0.2, 0.25) is 6.41 Å².